The average Bonchev–Trinajstić information content (AvgIpc) is 2.23. The van der Waals surface area contributed by atoms with E-state index in [1.165, 1.54) is 6.92 Å². The van der Waals surface area contributed by atoms with E-state index in [1.807, 2.05) is 13.8 Å². The molecule has 0 aromatic carbocycles. The van der Waals surface area contributed by atoms with Gasteiger partial charge in [0.1, 0.15) is 18.3 Å². The zero-order chi connectivity index (χ0) is 13.2. The first kappa shape index (κ1) is 14.4. The predicted octanol–water partition coefficient (Wildman–Crippen LogP) is -1.37. The standard InChI is InChI=1S/C11H21NO5/c1-5(2)11-10(16)8(12-6(3)14)9(15)7(4-13)17-11/h5,7-11,13,15-16H,4H2,1-3H3,(H,12,14)/t7?,8?,9-,10+,11-/m0/s1. The Labute approximate surface area is 101 Å². The van der Waals surface area contributed by atoms with Crippen molar-refractivity contribution in [2.75, 3.05) is 6.61 Å². The number of carbonyl (C=O) groups is 1. The maximum Gasteiger partial charge on any atom is 0.217 e. The molecule has 1 aliphatic rings. The Bertz CT molecular complexity index is 271. The number of aliphatic hydroxyl groups excluding tert-OH is 3. The smallest absolute Gasteiger partial charge is 0.217 e. The highest BCUT2D eigenvalue weighted by Gasteiger charge is 2.45. The van der Waals surface area contributed by atoms with Crippen LogP contribution in [0.25, 0.3) is 0 Å². The Morgan fingerprint density at radius 3 is 2.35 bits per heavy atom. The van der Waals surface area contributed by atoms with Gasteiger partial charge in [0.05, 0.1) is 18.8 Å². The summed E-state index contributed by atoms with van der Waals surface area (Å²) in [6.45, 7) is 4.69. The number of ether oxygens (including phenoxy) is 1. The van der Waals surface area contributed by atoms with Crippen LogP contribution in [-0.4, -0.2) is 58.3 Å². The lowest BCUT2D eigenvalue weighted by molar-refractivity contribution is -0.205. The second kappa shape index (κ2) is 5.77. The van der Waals surface area contributed by atoms with Crippen LogP contribution in [0.15, 0.2) is 0 Å². The van der Waals surface area contributed by atoms with Crippen LogP contribution in [0, 0.1) is 5.92 Å². The summed E-state index contributed by atoms with van der Waals surface area (Å²) in [7, 11) is 0. The van der Waals surface area contributed by atoms with Crippen LogP contribution in [-0.2, 0) is 9.53 Å². The van der Waals surface area contributed by atoms with E-state index < -0.39 is 30.5 Å². The minimum atomic E-state index is -1.12. The molecule has 0 bridgehead atoms. The molecule has 0 aliphatic carbocycles. The van der Waals surface area contributed by atoms with Crippen molar-refractivity contribution in [3.63, 3.8) is 0 Å². The zero-order valence-corrected chi connectivity index (χ0v) is 10.3. The number of nitrogens with one attached hydrogen (secondary N) is 1. The number of hydrogen-bond acceptors (Lipinski definition) is 5. The van der Waals surface area contributed by atoms with Crippen LogP contribution in [0.2, 0.25) is 0 Å². The molecular weight excluding hydrogens is 226 g/mol. The van der Waals surface area contributed by atoms with E-state index in [9.17, 15) is 15.0 Å². The van der Waals surface area contributed by atoms with Gasteiger partial charge in [-0.25, -0.2) is 0 Å². The summed E-state index contributed by atoms with van der Waals surface area (Å²) >= 11 is 0. The highest BCUT2D eigenvalue weighted by atomic mass is 16.5. The van der Waals surface area contributed by atoms with Crippen molar-refractivity contribution in [1.29, 1.82) is 0 Å². The normalized spacial score (nSPS) is 38.2. The van der Waals surface area contributed by atoms with Crippen molar-refractivity contribution in [2.24, 2.45) is 5.92 Å². The van der Waals surface area contributed by atoms with Crippen molar-refractivity contribution in [1.82, 2.24) is 5.32 Å². The molecule has 17 heavy (non-hydrogen) atoms. The largest absolute Gasteiger partial charge is 0.394 e. The molecule has 1 amide bonds. The summed E-state index contributed by atoms with van der Waals surface area (Å²) < 4.78 is 5.43. The second-order valence-corrected chi connectivity index (χ2v) is 4.77. The van der Waals surface area contributed by atoms with E-state index in [4.69, 9.17) is 9.84 Å². The summed E-state index contributed by atoms with van der Waals surface area (Å²) in [5.41, 5.74) is 0. The fraction of sp³-hybridized carbons (Fsp3) is 0.909. The van der Waals surface area contributed by atoms with Crippen LogP contribution in [0.3, 0.4) is 0 Å². The summed E-state index contributed by atoms with van der Waals surface area (Å²) in [6, 6.07) is -0.814. The Kier molecular flexibility index (Phi) is 4.88. The van der Waals surface area contributed by atoms with Crippen molar-refractivity contribution in [2.45, 2.75) is 51.2 Å². The number of amides is 1. The van der Waals surface area contributed by atoms with E-state index in [0.717, 1.165) is 0 Å². The van der Waals surface area contributed by atoms with Gasteiger partial charge in [-0.05, 0) is 5.92 Å². The van der Waals surface area contributed by atoms with Gasteiger partial charge < -0.3 is 25.4 Å². The van der Waals surface area contributed by atoms with Gasteiger partial charge in [-0.2, -0.15) is 0 Å². The lowest BCUT2D eigenvalue weighted by Gasteiger charge is -2.44. The van der Waals surface area contributed by atoms with Crippen LogP contribution >= 0.6 is 0 Å². The van der Waals surface area contributed by atoms with Crippen LogP contribution in [0.4, 0.5) is 0 Å². The number of rotatable bonds is 3. The molecule has 2 unspecified atom stereocenters. The van der Waals surface area contributed by atoms with E-state index in [0.29, 0.717) is 0 Å². The van der Waals surface area contributed by atoms with Gasteiger partial charge in [-0.15, -0.1) is 0 Å². The average molecular weight is 247 g/mol. The maximum atomic E-state index is 11.0. The fourth-order valence-electron chi connectivity index (χ4n) is 2.11. The molecule has 6 heteroatoms. The monoisotopic (exact) mass is 247 g/mol. The molecule has 1 rings (SSSR count). The molecule has 0 aromatic rings. The first-order valence-corrected chi connectivity index (χ1v) is 5.78. The molecule has 0 aromatic heterocycles. The third kappa shape index (κ3) is 3.16. The van der Waals surface area contributed by atoms with Crippen molar-refractivity contribution in [3.8, 4) is 0 Å². The summed E-state index contributed by atoms with van der Waals surface area (Å²) in [6.07, 6.45) is -3.42. The fourth-order valence-corrected chi connectivity index (χ4v) is 2.11. The number of hydrogen-bond donors (Lipinski definition) is 4. The van der Waals surface area contributed by atoms with E-state index in [1.54, 1.807) is 0 Å². The van der Waals surface area contributed by atoms with E-state index >= 15 is 0 Å². The molecule has 0 spiro atoms. The molecule has 1 heterocycles. The molecule has 1 fully saturated rings. The third-order valence-corrected chi connectivity index (χ3v) is 2.99. The van der Waals surface area contributed by atoms with E-state index in [2.05, 4.69) is 5.32 Å². The van der Waals surface area contributed by atoms with E-state index in [-0.39, 0.29) is 18.4 Å². The van der Waals surface area contributed by atoms with Gasteiger partial charge in [-0.1, -0.05) is 13.8 Å². The Morgan fingerprint density at radius 2 is 1.94 bits per heavy atom. The zero-order valence-electron chi connectivity index (χ0n) is 10.3. The molecule has 0 radical (unpaired) electrons. The van der Waals surface area contributed by atoms with Crippen LogP contribution < -0.4 is 5.32 Å². The Balaban J connectivity index is 2.86. The molecular formula is C11H21NO5. The first-order chi connectivity index (χ1) is 7.88. The summed E-state index contributed by atoms with van der Waals surface area (Å²) in [5, 5.41) is 31.6. The highest BCUT2D eigenvalue weighted by Crippen LogP contribution is 2.25. The summed E-state index contributed by atoms with van der Waals surface area (Å²) in [4.78, 5) is 11.0. The lowest BCUT2D eigenvalue weighted by atomic mass is 9.87. The number of carbonyl (C=O) groups excluding carboxylic acids is 1. The topological polar surface area (TPSA) is 99.0 Å². The summed E-state index contributed by atoms with van der Waals surface area (Å²) in [5.74, 6) is -0.322. The minimum Gasteiger partial charge on any atom is -0.394 e. The second-order valence-electron chi connectivity index (χ2n) is 4.77. The van der Waals surface area contributed by atoms with Gasteiger partial charge in [0.15, 0.2) is 0 Å². The highest BCUT2D eigenvalue weighted by molar-refractivity contribution is 5.73. The Hall–Kier alpha value is -0.690. The number of aliphatic hydroxyl groups is 3. The van der Waals surface area contributed by atoms with Gasteiger partial charge in [0, 0.05) is 6.92 Å². The predicted molar refractivity (Wildman–Crippen MR) is 60.2 cm³/mol. The molecule has 1 aliphatic heterocycles. The quantitative estimate of drug-likeness (QED) is 0.493. The molecule has 6 nitrogen and oxygen atoms in total. The third-order valence-electron chi connectivity index (χ3n) is 2.99. The van der Waals surface area contributed by atoms with Crippen molar-refractivity contribution in [3.05, 3.63) is 0 Å². The molecule has 0 saturated carbocycles. The van der Waals surface area contributed by atoms with Gasteiger partial charge in [0.25, 0.3) is 0 Å². The molecule has 5 atom stereocenters. The van der Waals surface area contributed by atoms with Gasteiger partial charge in [-0.3, -0.25) is 4.79 Å². The molecule has 1 saturated heterocycles. The minimum absolute atomic E-state index is 0.0165. The lowest BCUT2D eigenvalue weighted by Crippen LogP contribution is -2.65. The van der Waals surface area contributed by atoms with Crippen LogP contribution in [0.5, 0.6) is 0 Å². The van der Waals surface area contributed by atoms with Gasteiger partial charge in [0.2, 0.25) is 5.91 Å². The molecule has 4 N–H and O–H groups in total. The van der Waals surface area contributed by atoms with Crippen LogP contribution in [0.1, 0.15) is 20.8 Å². The van der Waals surface area contributed by atoms with Crippen molar-refractivity contribution < 1.29 is 24.9 Å². The Morgan fingerprint density at radius 1 is 1.35 bits per heavy atom. The molecule has 100 valence electrons. The SMILES string of the molecule is CC(=O)NC1[C@@H](O)C(CO)O[C@@H](C(C)C)[C@@H]1O. The van der Waals surface area contributed by atoms with Gasteiger partial charge >= 0.3 is 0 Å². The first-order valence-electron chi connectivity index (χ1n) is 5.78. The van der Waals surface area contributed by atoms with Crippen molar-refractivity contribution >= 4 is 5.91 Å². The maximum absolute atomic E-state index is 11.0.